The predicted molar refractivity (Wildman–Crippen MR) is 83.4 cm³/mol. The number of benzene rings is 1. The normalized spacial score (nSPS) is 9.11. The van der Waals surface area contributed by atoms with Crippen LogP contribution in [0.1, 0.15) is 50.1 Å². The van der Waals surface area contributed by atoms with Crippen molar-refractivity contribution in [3.05, 3.63) is 40.6 Å². The van der Waals surface area contributed by atoms with Gasteiger partial charge >= 0.3 is 0 Å². The predicted octanol–water partition coefficient (Wildman–Crippen LogP) is 5.52. The quantitative estimate of drug-likeness (QED) is 0.595. The van der Waals surface area contributed by atoms with Gasteiger partial charge in [-0.15, -0.1) is 0 Å². The summed E-state index contributed by atoms with van der Waals surface area (Å²) in [6.07, 6.45) is 0. The van der Waals surface area contributed by atoms with Crippen LogP contribution in [0, 0.1) is 27.7 Å². The van der Waals surface area contributed by atoms with Crippen molar-refractivity contribution in [2.75, 3.05) is 0 Å². The van der Waals surface area contributed by atoms with Crippen LogP contribution in [0.3, 0.4) is 0 Å². The smallest absolute Gasteiger partial charge is 0.0739 e. The molecule has 1 aromatic carbocycles. The molecule has 1 aromatic heterocycles. The molecule has 0 aliphatic heterocycles. The molecule has 100 valence electrons. The van der Waals surface area contributed by atoms with Crippen molar-refractivity contribution in [3.8, 4) is 0 Å². The Hall–Kier alpha value is -1.37. The highest BCUT2D eigenvalue weighted by Gasteiger charge is 2.04. The molecule has 0 saturated carbocycles. The van der Waals surface area contributed by atoms with Gasteiger partial charge in [0.05, 0.1) is 5.52 Å². The van der Waals surface area contributed by atoms with Gasteiger partial charge in [-0.25, -0.2) is 0 Å². The van der Waals surface area contributed by atoms with Crippen LogP contribution in [0.5, 0.6) is 0 Å². The summed E-state index contributed by atoms with van der Waals surface area (Å²) in [4.78, 5) is 4.60. The van der Waals surface area contributed by atoms with Crippen LogP contribution in [0.25, 0.3) is 10.9 Å². The number of pyridine rings is 1. The molecule has 1 heterocycles. The van der Waals surface area contributed by atoms with E-state index >= 15 is 0 Å². The van der Waals surface area contributed by atoms with E-state index in [1.54, 1.807) is 0 Å². The molecular weight excluding hydrogens is 218 g/mol. The second kappa shape index (κ2) is 7.86. The summed E-state index contributed by atoms with van der Waals surface area (Å²) in [5, 5.41) is 1.28. The molecule has 0 fully saturated rings. The number of fused-ring (bicyclic) bond motifs is 1. The summed E-state index contributed by atoms with van der Waals surface area (Å²) >= 11 is 0. The maximum absolute atomic E-state index is 4.60. The highest BCUT2D eigenvalue weighted by molar-refractivity contribution is 5.85. The first-order valence-electron chi connectivity index (χ1n) is 6.94. The van der Waals surface area contributed by atoms with Crippen LogP contribution in [-0.4, -0.2) is 4.98 Å². The zero-order valence-electron chi connectivity index (χ0n) is 13.2. The number of hydrogen-bond donors (Lipinski definition) is 0. The summed E-state index contributed by atoms with van der Waals surface area (Å²) in [7, 11) is 0. The lowest BCUT2D eigenvalue weighted by molar-refractivity contribution is 1.21. The maximum Gasteiger partial charge on any atom is 0.0739 e. The third-order valence-electron chi connectivity index (χ3n) is 2.84. The zero-order chi connectivity index (χ0) is 14.3. The van der Waals surface area contributed by atoms with E-state index in [-0.39, 0.29) is 0 Å². The van der Waals surface area contributed by atoms with Crippen molar-refractivity contribution in [1.82, 2.24) is 4.98 Å². The molecule has 0 spiro atoms. The Morgan fingerprint density at radius 3 is 1.89 bits per heavy atom. The van der Waals surface area contributed by atoms with E-state index in [4.69, 9.17) is 0 Å². The lowest BCUT2D eigenvalue weighted by Crippen LogP contribution is -1.92. The highest BCUT2D eigenvalue weighted by Crippen LogP contribution is 2.22. The average molecular weight is 245 g/mol. The molecular formula is C17H27N. The first-order chi connectivity index (χ1) is 8.59. The SMILES string of the molecule is CC.CC.Cc1cc(C)c2ccc(C)c(C)c2n1. The van der Waals surface area contributed by atoms with Gasteiger partial charge in [0.1, 0.15) is 0 Å². The Morgan fingerprint density at radius 1 is 0.778 bits per heavy atom. The molecule has 1 heteroatoms. The van der Waals surface area contributed by atoms with Gasteiger partial charge in [0.2, 0.25) is 0 Å². The van der Waals surface area contributed by atoms with Crippen molar-refractivity contribution in [1.29, 1.82) is 0 Å². The van der Waals surface area contributed by atoms with Crippen LogP contribution in [0.15, 0.2) is 18.2 Å². The summed E-state index contributed by atoms with van der Waals surface area (Å²) in [5.74, 6) is 0. The van der Waals surface area contributed by atoms with E-state index < -0.39 is 0 Å². The van der Waals surface area contributed by atoms with Crippen molar-refractivity contribution in [2.45, 2.75) is 55.4 Å². The summed E-state index contributed by atoms with van der Waals surface area (Å²) in [6, 6.07) is 6.47. The number of aromatic nitrogens is 1. The second-order valence-electron chi connectivity index (χ2n) is 3.98. The molecule has 0 amide bonds. The molecule has 0 aliphatic rings. The van der Waals surface area contributed by atoms with E-state index in [2.05, 4.69) is 44.0 Å². The Labute approximate surface area is 112 Å². The molecule has 1 nitrogen and oxygen atoms in total. The van der Waals surface area contributed by atoms with E-state index in [1.807, 2.05) is 34.6 Å². The third-order valence-corrected chi connectivity index (χ3v) is 2.84. The molecule has 0 radical (unpaired) electrons. The Bertz CT molecular complexity index is 498. The molecule has 0 aliphatic carbocycles. The van der Waals surface area contributed by atoms with Gasteiger partial charge in [0, 0.05) is 11.1 Å². The van der Waals surface area contributed by atoms with Crippen LogP contribution < -0.4 is 0 Å². The van der Waals surface area contributed by atoms with Gasteiger partial charge in [0.25, 0.3) is 0 Å². The van der Waals surface area contributed by atoms with Crippen LogP contribution in [0.4, 0.5) is 0 Å². The number of rotatable bonds is 0. The van der Waals surface area contributed by atoms with Crippen molar-refractivity contribution < 1.29 is 0 Å². The molecule has 18 heavy (non-hydrogen) atoms. The fourth-order valence-electron chi connectivity index (χ4n) is 1.86. The minimum Gasteiger partial charge on any atom is -0.253 e. The average Bonchev–Trinajstić information content (AvgIpc) is 2.39. The standard InChI is InChI=1S/C13H15N.2C2H6/c1-8-5-6-12-9(2)7-10(3)14-13(12)11(8)4;2*1-2/h5-7H,1-4H3;2*1-2H3. The Morgan fingerprint density at radius 2 is 1.33 bits per heavy atom. The maximum atomic E-state index is 4.60. The number of aryl methyl sites for hydroxylation is 4. The Kier molecular flexibility index (Phi) is 7.26. The topological polar surface area (TPSA) is 12.9 Å². The van der Waals surface area contributed by atoms with Gasteiger partial charge in [-0.3, -0.25) is 4.98 Å². The molecule has 0 N–H and O–H groups in total. The lowest BCUT2D eigenvalue weighted by Gasteiger charge is -2.08. The van der Waals surface area contributed by atoms with Gasteiger partial charge < -0.3 is 0 Å². The fourth-order valence-corrected chi connectivity index (χ4v) is 1.86. The molecule has 0 unspecified atom stereocenters. The van der Waals surface area contributed by atoms with E-state index in [0.29, 0.717) is 0 Å². The van der Waals surface area contributed by atoms with Crippen LogP contribution in [0.2, 0.25) is 0 Å². The third kappa shape index (κ3) is 3.56. The summed E-state index contributed by atoms with van der Waals surface area (Å²) in [6.45, 7) is 16.5. The van der Waals surface area contributed by atoms with Crippen molar-refractivity contribution >= 4 is 10.9 Å². The molecule has 0 bridgehead atoms. The van der Waals surface area contributed by atoms with Gasteiger partial charge in [-0.1, -0.05) is 39.8 Å². The number of nitrogens with zero attached hydrogens (tertiary/aromatic N) is 1. The zero-order valence-corrected chi connectivity index (χ0v) is 13.2. The monoisotopic (exact) mass is 245 g/mol. The van der Waals surface area contributed by atoms with Crippen LogP contribution >= 0.6 is 0 Å². The van der Waals surface area contributed by atoms with E-state index in [0.717, 1.165) is 11.2 Å². The first kappa shape index (κ1) is 16.6. The molecule has 2 rings (SSSR count). The molecule has 0 saturated heterocycles. The number of hydrogen-bond acceptors (Lipinski definition) is 1. The molecule has 2 aromatic rings. The second-order valence-corrected chi connectivity index (χ2v) is 3.98. The van der Waals surface area contributed by atoms with Gasteiger partial charge in [0.15, 0.2) is 0 Å². The van der Waals surface area contributed by atoms with Gasteiger partial charge in [-0.2, -0.15) is 0 Å². The minimum absolute atomic E-state index is 1.10. The molecule has 0 atom stereocenters. The highest BCUT2D eigenvalue weighted by atomic mass is 14.7. The van der Waals surface area contributed by atoms with Crippen molar-refractivity contribution in [2.24, 2.45) is 0 Å². The first-order valence-corrected chi connectivity index (χ1v) is 6.94. The summed E-state index contributed by atoms with van der Waals surface area (Å²) < 4.78 is 0. The van der Waals surface area contributed by atoms with Gasteiger partial charge in [-0.05, 0) is 50.5 Å². The lowest BCUT2D eigenvalue weighted by atomic mass is 10.0. The fraction of sp³-hybridized carbons (Fsp3) is 0.471. The van der Waals surface area contributed by atoms with E-state index in [9.17, 15) is 0 Å². The summed E-state index contributed by atoms with van der Waals surface area (Å²) in [5.41, 5.74) is 6.19. The van der Waals surface area contributed by atoms with Crippen molar-refractivity contribution in [3.63, 3.8) is 0 Å². The van der Waals surface area contributed by atoms with E-state index in [1.165, 1.54) is 22.1 Å². The van der Waals surface area contributed by atoms with Crippen LogP contribution in [-0.2, 0) is 0 Å². The Balaban J connectivity index is 0.000000659. The largest absolute Gasteiger partial charge is 0.253 e. The minimum atomic E-state index is 1.10.